The van der Waals surface area contributed by atoms with Gasteiger partial charge in [0.05, 0.1) is 9.79 Å². The van der Waals surface area contributed by atoms with Crippen molar-refractivity contribution in [3.63, 3.8) is 0 Å². The van der Waals surface area contributed by atoms with Crippen molar-refractivity contribution in [3.05, 3.63) is 83.9 Å². The molecule has 0 saturated carbocycles. The molecule has 6 nitrogen and oxygen atoms in total. The largest absolute Gasteiger partial charge is 0.294 e. The van der Waals surface area contributed by atoms with E-state index in [-0.39, 0.29) is 9.79 Å². The van der Waals surface area contributed by atoms with E-state index in [1.807, 2.05) is 36.4 Å². The first-order valence-electron chi connectivity index (χ1n) is 8.60. The molecule has 0 heterocycles. The average molecular weight is 428 g/mol. The minimum atomic E-state index is -4.28. The molecular formula is C21H16O6S2. The summed E-state index contributed by atoms with van der Waals surface area (Å²) in [5, 5.41) is 3.06. The van der Waals surface area contributed by atoms with Crippen LogP contribution in [0.25, 0.3) is 21.5 Å². The Hall–Kier alpha value is -2.78. The van der Waals surface area contributed by atoms with Gasteiger partial charge in [-0.05, 0) is 63.4 Å². The molecule has 0 amide bonds. The first kappa shape index (κ1) is 19.5. The summed E-state index contributed by atoms with van der Waals surface area (Å²) in [6.07, 6.45) is 0.540. The summed E-state index contributed by atoms with van der Waals surface area (Å²) in [4.78, 5) is -0.323. The van der Waals surface area contributed by atoms with Gasteiger partial charge in [0.2, 0.25) is 0 Å². The summed E-state index contributed by atoms with van der Waals surface area (Å²) in [5.74, 6) is 0. The predicted molar refractivity (Wildman–Crippen MR) is 110 cm³/mol. The summed E-state index contributed by atoms with van der Waals surface area (Å²) >= 11 is 0. The quantitative estimate of drug-likeness (QED) is 0.474. The second-order valence-electron chi connectivity index (χ2n) is 6.81. The Bertz CT molecular complexity index is 1360. The Labute approximate surface area is 167 Å². The van der Waals surface area contributed by atoms with Gasteiger partial charge in [0, 0.05) is 0 Å². The van der Waals surface area contributed by atoms with E-state index in [4.69, 9.17) is 0 Å². The molecule has 4 aromatic carbocycles. The number of fused-ring (bicyclic) bond motifs is 2. The number of hydrogen-bond acceptors (Lipinski definition) is 4. The Morgan fingerprint density at radius 2 is 0.897 bits per heavy atom. The third-order valence-corrected chi connectivity index (χ3v) is 6.46. The molecule has 0 spiro atoms. The Balaban J connectivity index is 1.72. The van der Waals surface area contributed by atoms with E-state index in [0.717, 1.165) is 21.9 Å². The molecule has 29 heavy (non-hydrogen) atoms. The lowest BCUT2D eigenvalue weighted by atomic mass is 9.99. The maximum atomic E-state index is 11.4. The molecule has 0 atom stereocenters. The van der Waals surface area contributed by atoms with E-state index in [1.54, 1.807) is 12.1 Å². The lowest BCUT2D eigenvalue weighted by molar-refractivity contribution is 0.481. The van der Waals surface area contributed by atoms with Gasteiger partial charge in [-0.2, -0.15) is 16.8 Å². The van der Waals surface area contributed by atoms with Gasteiger partial charge in [-0.3, -0.25) is 9.11 Å². The molecule has 0 bridgehead atoms. The molecule has 0 aliphatic rings. The molecule has 2 N–H and O–H groups in total. The number of benzene rings is 4. The van der Waals surface area contributed by atoms with E-state index in [9.17, 15) is 25.9 Å². The van der Waals surface area contributed by atoms with Crippen molar-refractivity contribution in [2.75, 3.05) is 0 Å². The van der Waals surface area contributed by atoms with Gasteiger partial charge in [0.1, 0.15) is 0 Å². The lowest BCUT2D eigenvalue weighted by Gasteiger charge is -2.08. The first-order chi connectivity index (χ1) is 13.6. The molecule has 0 fully saturated rings. The van der Waals surface area contributed by atoms with Gasteiger partial charge in [-0.25, -0.2) is 0 Å². The maximum Gasteiger partial charge on any atom is 0.294 e. The topological polar surface area (TPSA) is 109 Å². The van der Waals surface area contributed by atoms with Crippen molar-refractivity contribution in [1.82, 2.24) is 0 Å². The highest BCUT2D eigenvalue weighted by Crippen LogP contribution is 2.24. The van der Waals surface area contributed by atoms with Crippen LogP contribution in [0.15, 0.2) is 82.6 Å². The summed E-state index contributed by atoms with van der Waals surface area (Å²) in [7, 11) is -8.55. The maximum absolute atomic E-state index is 11.4. The van der Waals surface area contributed by atoms with Crippen molar-refractivity contribution in [2.24, 2.45) is 0 Å². The minimum Gasteiger partial charge on any atom is -0.282 e. The monoisotopic (exact) mass is 428 g/mol. The minimum absolute atomic E-state index is 0.161. The lowest BCUT2D eigenvalue weighted by Crippen LogP contribution is -1.98. The fourth-order valence-corrected chi connectivity index (χ4v) is 4.36. The van der Waals surface area contributed by atoms with Crippen molar-refractivity contribution in [1.29, 1.82) is 0 Å². The summed E-state index contributed by atoms with van der Waals surface area (Å²) in [5.41, 5.74) is 1.85. The normalized spacial score (nSPS) is 12.5. The Kier molecular flexibility index (Phi) is 4.66. The summed E-state index contributed by atoms with van der Waals surface area (Å²) in [6, 6.07) is 20.1. The van der Waals surface area contributed by atoms with Crippen molar-refractivity contribution >= 4 is 41.8 Å². The molecule has 8 heteroatoms. The van der Waals surface area contributed by atoms with Crippen LogP contribution in [-0.2, 0) is 26.7 Å². The highest BCUT2D eigenvalue weighted by molar-refractivity contribution is 7.86. The molecule has 4 rings (SSSR count). The third-order valence-electron chi connectivity index (χ3n) is 4.76. The first-order valence-corrected chi connectivity index (χ1v) is 11.5. The standard InChI is InChI=1S/C21H16O6S2/c22-28(23,24)20-7-5-16-3-1-14(10-18(16)12-20)9-15-2-4-17-6-8-21(29(25,26)27)13-19(17)11-15/h1-8,10-13H,9H2,(H,22,23,24)(H,25,26,27). The van der Waals surface area contributed by atoms with Crippen molar-refractivity contribution in [2.45, 2.75) is 16.2 Å². The van der Waals surface area contributed by atoms with Gasteiger partial charge in [-0.1, -0.05) is 48.5 Å². The van der Waals surface area contributed by atoms with Gasteiger partial charge < -0.3 is 0 Å². The fourth-order valence-electron chi connectivity index (χ4n) is 3.33. The molecule has 4 aromatic rings. The predicted octanol–water partition coefficient (Wildman–Crippen LogP) is 4.08. The second-order valence-corrected chi connectivity index (χ2v) is 9.66. The second kappa shape index (κ2) is 6.93. The van der Waals surface area contributed by atoms with Gasteiger partial charge in [-0.15, -0.1) is 0 Å². The van der Waals surface area contributed by atoms with Crippen LogP contribution in [0.4, 0.5) is 0 Å². The van der Waals surface area contributed by atoms with Crippen LogP contribution in [0.1, 0.15) is 11.1 Å². The Morgan fingerprint density at radius 1 is 0.517 bits per heavy atom. The van der Waals surface area contributed by atoms with Crippen LogP contribution in [0.5, 0.6) is 0 Å². The zero-order valence-electron chi connectivity index (χ0n) is 15.0. The molecule has 148 valence electrons. The smallest absolute Gasteiger partial charge is 0.282 e. The molecule has 0 radical (unpaired) electrons. The van der Waals surface area contributed by atoms with Crippen LogP contribution in [0.3, 0.4) is 0 Å². The van der Waals surface area contributed by atoms with Crippen LogP contribution >= 0.6 is 0 Å². The van der Waals surface area contributed by atoms with Crippen LogP contribution in [-0.4, -0.2) is 25.9 Å². The van der Waals surface area contributed by atoms with E-state index in [2.05, 4.69) is 0 Å². The zero-order chi connectivity index (χ0) is 20.8. The van der Waals surface area contributed by atoms with Gasteiger partial charge in [0.15, 0.2) is 0 Å². The van der Waals surface area contributed by atoms with Crippen LogP contribution < -0.4 is 0 Å². The molecule has 0 unspecified atom stereocenters. The average Bonchev–Trinajstić information content (AvgIpc) is 2.65. The molecule has 0 aliphatic carbocycles. The Morgan fingerprint density at radius 3 is 1.28 bits per heavy atom. The molecular weight excluding hydrogens is 412 g/mol. The third kappa shape index (κ3) is 4.15. The van der Waals surface area contributed by atoms with E-state index < -0.39 is 20.2 Å². The summed E-state index contributed by atoms with van der Waals surface area (Å²) in [6.45, 7) is 0. The highest BCUT2D eigenvalue weighted by Gasteiger charge is 2.11. The molecule has 0 saturated heterocycles. The van der Waals surface area contributed by atoms with E-state index in [1.165, 1.54) is 24.3 Å². The van der Waals surface area contributed by atoms with Gasteiger partial charge >= 0.3 is 0 Å². The van der Waals surface area contributed by atoms with Gasteiger partial charge in [0.25, 0.3) is 20.2 Å². The molecule has 0 aliphatic heterocycles. The summed E-state index contributed by atoms with van der Waals surface area (Å²) < 4.78 is 64.0. The van der Waals surface area contributed by atoms with Crippen LogP contribution in [0.2, 0.25) is 0 Å². The van der Waals surface area contributed by atoms with Crippen LogP contribution in [0, 0.1) is 0 Å². The van der Waals surface area contributed by atoms with E-state index in [0.29, 0.717) is 17.2 Å². The SMILES string of the molecule is O=S(=O)(O)c1ccc2ccc(Cc3ccc4ccc(S(=O)(=O)O)cc4c3)cc2c1. The fraction of sp³-hybridized carbons (Fsp3) is 0.0476. The highest BCUT2D eigenvalue weighted by atomic mass is 32.2. The zero-order valence-corrected chi connectivity index (χ0v) is 16.6. The molecule has 0 aromatic heterocycles. The van der Waals surface area contributed by atoms with Crippen molar-refractivity contribution in [3.8, 4) is 0 Å². The number of rotatable bonds is 4. The van der Waals surface area contributed by atoms with Crippen molar-refractivity contribution < 1.29 is 25.9 Å². The number of hydrogen-bond donors (Lipinski definition) is 2. The van der Waals surface area contributed by atoms with E-state index >= 15 is 0 Å².